The zero-order valence-electron chi connectivity index (χ0n) is 11.9. The van der Waals surface area contributed by atoms with Crippen LogP contribution >= 0.6 is 0 Å². The zero-order valence-corrected chi connectivity index (χ0v) is 11.9. The summed E-state index contributed by atoms with van der Waals surface area (Å²) in [6.07, 6.45) is 0. The maximum Gasteiger partial charge on any atom is 0.272 e. The molecule has 0 heterocycles. The Bertz CT molecular complexity index is 653. The predicted octanol–water partition coefficient (Wildman–Crippen LogP) is 1.36. The van der Waals surface area contributed by atoms with Crippen molar-refractivity contribution in [2.45, 2.75) is 13.5 Å². The maximum atomic E-state index is 11.5. The number of rotatable bonds is 6. The lowest BCUT2D eigenvalue weighted by Gasteiger charge is -2.15. The van der Waals surface area contributed by atoms with Crippen molar-refractivity contribution in [3.05, 3.63) is 50.3 Å². The van der Waals surface area contributed by atoms with Crippen LogP contribution in [0.5, 0.6) is 5.75 Å². The molecule has 0 unspecified atom stereocenters. The lowest BCUT2D eigenvalue weighted by Crippen LogP contribution is -2.35. The largest absolute Gasteiger partial charge is 0.488 e. The van der Waals surface area contributed by atoms with Crippen LogP contribution in [-0.2, 0) is 6.54 Å². The average molecular weight is 274 g/mol. The van der Waals surface area contributed by atoms with E-state index in [0.29, 0.717) is 13.2 Å². The third kappa shape index (κ3) is 2.66. The molecule has 0 saturated carbocycles. The Morgan fingerprint density at radius 2 is 1.75 bits per heavy atom. The van der Waals surface area contributed by atoms with Gasteiger partial charge in [0.2, 0.25) is 0 Å². The van der Waals surface area contributed by atoms with Crippen molar-refractivity contribution in [3.8, 4) is 5.75 Å². The van der Waals surface area contributed by atoms with Crippen LogP contribution in [0.25, 0.3) is 0 Å². The SMILES string of the molecule is CCOc1c(NCc2ccc(N(C)C)cc2)c(=O)c1=O. The third-order valence-corrected chi connectivity index (χ3v) is 3.08. The van der Waals surface area contributed by atoms with Crippen molar-refractivity contribution in [1.82, 2.24) is 0 Å². The van der Waals surface area contributed by atoms with E-state index in [1.54, 1.807) is 6.92 Å². The quantitative estimate of drug-likeness (QED) is 0.806. The van der Waals surface area contributed by atoms with E-state index in [0.717, 1.165) is 11.3 Å². The molecule has 2 rings (SSSR count). The number of nitrogens with zero attached hydrogens (tertiary/aromatic N) is 1. The van der Waals surface area contributed by atoms with Gasteiger partial charge in [-0.25, -0.2) is 0 Å². The van der Waals surface area contributed by atoms with Crippen molar-refractivity contribution in [2.75, 3.05) is 30.9 Å². The van der Waals surface area contributed by atoms with Crippen molar-refractivity contribution in [2.24, 2.45) is 0 Å². The molecule has 5 heteroatoms. The highest BCUT2D eigenvalue weighted by atomic mass is 16.5. The predicted molar refractivity (Wildman–Crippen MR) is 80.6 cm³/mol. The van der Waals surface area contributed by atoms with Gasteiger partial charge in [0.25, 0.3) is 10.9 Å². The molecular formula is C15H18N2O3. The van der Waals surface area contributed by atoms with E-state index < -0.39 is 10.9 Å². The summed E-state index contributed by atoms with van der Waals surface area (Å²) in [4.78, 5) is 24.8. The molecule has 0 aliphatic carbocycles. The van der Waals surface area contributed by atoms with Crippen LogP contribution in [-0.4, -0.2) is 20.7 Å². The number of hydrogen-bond donors (Lipinski definition) is 1. The summed E-state index contributed by atoms with van der Waals surface area (Å²) in [5, 5.41) is 2.97. The molecule has 2 aromatic rings. The molecule has 0 aliphatic heterocycles. The Kier molecular flexibility index (Phi) is 4.08. The summed E-state index contributed by atoms with van der Waals surface area (Å²) in [6.45, 7) is 2.64. The van der Waals surface area contributed by atoms with E-state index >= 15 is 0 Å². The molecule has 0 aliphatic rings. The second-order valence-electron chi connectivity index (χ2n) is 4.71. The normalized spacial score (nSPS) is 10.6. The van der Waals surface area contributed by atoms with Gasteiger partial charge in [-0.05, 0) is 24.6 Å². The van der Waals surface area contributed by atoms with Crippen LogP contribution in [0.1, 0.15) is 12.5 Å². The van der Waals surface area contributed by atoms with Gasteiger partial charge in [0, 0.05) is 26.3 Å². The molecule has 2 aromatic carbocycles. The van der Waals surface area contributed by atoms with Crippen LogP contribution in [0.15, 0.2) is 33.9 Å². The summed E-state index contributed by atoms with van der Waals surface area (Å²) in [5.41, 5.74) is 1.38. The van der Waals surface area contributed by atoms with Crippen molar-refractivity contribution in [1.29, 1.82) is 0 Å². The Hall–Kier alpha value is -2.30. The standard InChI is InChI=1S/C15H18N2O3/c1-4-20-15-12(13(18)14(15)19)16-9-10-5-7-11(8-6-10)17(2)3/h5-8,16H,4,9H2,1-3H3. The molecule has 0 aromatic heterocycles. The zero-order chi connectivity index (χ0) is 14.7. The van der Waals surface area contributed by atoms with E-state index in [-0.39, 0.29) is 11.4 Å². The Morgan fingerprint density at radius 3 is 2.30 bits per heavy atom. The first-order valence-corrected chi connectivity index (χ1v) is 6.50. The number of hydrogen-bond acceptors (Lipinski definition) is 5. The van der Waals surface area contributed by atoms with E-state index in [2.05, 4.69) is 5.32 Å². The lowest BCUT2D eigenvalue weighted by atomic mass is 10.1. The second kappa shape index (κ2) is 5.77. The Balaban J connectivity index is 2.04. The van der Waals surface area contributed by atoms with Crippen LogP contribution in [0.3, 0.4) is 0 Å². The van der Waals surface area contributed by atoms with Crippen molar-refractivity contribution in [3.63, 3.8) is 0 Å². The lowest BCUT2D eigenvalue weighted by molar-refractivity contribution is 0.334. The van der Waals surface area contributed by atoms with Gasteiger partial charge in [0.1, 0.15) is 5.69 Å². The summed E-state index contributed by atoms with van der Waals surface area (Å²) in [5.74, 6) is 0.155. The number of anilines is 2. The first-order valence-electron chi connectivity index (χ1n) is 6.50. The molecule has 20 heavy (non-hydrogen) atoms. The van der Waals surface area contributed by atoms with Crippen molar-refractivity contribution >= 4 is 11.4 Å². The maximum absolute atomic E-state index is 11.5. The first kappa shape index (κ1) is 14.1. The highest BCUT2D eigenvalue weighted by Crippen LogP contribution is 2.19. The minimum absolute atomic E-state index is 0.155. The summed E-state index contributed by atoms with van der Waals surface area (Å²) >= 11 is 0. The van der Waals surface area contributed by atoms with Gasteiger partial charge in [0.15, 0.2) is 5.75 Å². The van der Waals surface area contributed by atoms with E-state index in [9.17, 15) is 9.59 Å². The van der Waals surface area contributed by atoms with Gasteiger partial charge in [0.05, 0.1) is 6.61 Å². The molecule has 1 N–H and O–H groups in total. The summed E-state index contributed by atoms with van der Waals surface area (Å²) < 4.78 is 5.15. The summed E-state index contributed by atoms with van der Waals surface area (Å²) in [6, 6.07) is 7.97. The smallest absolute Gasteiger partial charge is 0.272 e. The third-order valence-electron chi connectivity index (χ3n) is 3.08. The van der Waals surface area contributed by atoms with Crippen LogP contribution in [0.4, 0.5) is 11.4 Å². The van der Waals surface area contributed by atoms with Gasteiger partial charge in [-0.3, -0.25) is 9.59 Å². The van der Waals surface area contributed by atoms with Crippen LogP contribution in [0.2, 0.25) is 0 Å². The fraction of sp³-hybridized carbons (Fsp3) is 0.333. The van der Waals surface area contributed by atoms with Gasteiger partial charge in [-0.15, -0.1) is 0 Å². The fourth-order valence-corrected chi connectivity index (χ4v) is 1.92. The monoisotopic (exact) mass is 274 g/mol. The first-order chi connectivity index (χ1) is 9.54. The number of nitrogens with one attached hydrogen (secondary N) is 1. The number of ether oxygens (including phenoxy) is 1. The van der Waals surface area contributed by atoms with E-state index in [1.165, 1.54) is 0 Å². The minimum Gasteiger partial charge on any atom is -0.488 e. The molecule has 0 radical (unpaired) electrons. The summed E-state index contributed by atoms with van der Waals surface area (Å²) in [7, 11) is 3.95. The topological polar surface area (TPSA) is 58.6 Å². The second-order valence-corrected chi connectivity index (χ2v) is 4.71. The van der Waals surface area contributed by atoms with Gasteiger partial charge >= 0.3 is 0 Å². The molecule has 0 spiro atoms. The molecule has 0 bridgehead atoms. The molecule has 5 nitrogen and oxygen atoms in total. The van der Waals surface area contributed by atoms with Gasteiger partial charge < -0.3 is 15.0 Å². The average Bonchev–Trinajstić information content (AvgIpc) is 2.46. The van der Waals surface area contributed by atoms with Gasteiger partial charge in [-0.1, -0.05) is 12.1 Å². The fourth-order valence-electron chi connectivity index (χ4n) is 1.92. The number of benzene rings is 1. The Labute approximate surface area is 117 Å². The van der Waals surface area contributed by atoms with Crippen molar-refractivity contribution < 1.29 is 4.74 Å². The molecule has 0 fully saturated rings. The van der Waals surface area contributed by atoms with Crippen LogP contribution in [0, 0.1) is 0 Å². The minimum atomic E-state index is -0.544. The van der Waals surface area contributed by atoms with E-state index in [4.69, 9.17) is 4.74 Å². The molecular weight excluding hydrogens is 256 g/mol. The molecule has 0 amide bonds. The van der Waals surface area contributed by atoms with Crippen LogP contribution < -0.4 is 25.8 Å². The highest BCUT2D eigenvalue weighted by molar-refractivity contribution is 5.62. The van der Waals surface area contributed by atoms with E-state index in [1.807, 2.05) is 43.3 Å². The van der Waals surface area contributed by atoms with Gasteiger partial charge in [-0.2, -0.15) is 0 Å². The Morgan fingerprint density at radius 1 is 1.10 bits per heavy atom. The molecule has 0 atom stereocenters. The molecule has 106 valence electrons. The molecule has 0 saturated heterocycles. The highest BCUT2D eigenvalue weighted by Gasteiger charge is 2.21.